The number of esters is 1. The van der Waals surface area contributed by atoms with Gasteiger partial charge in [0, 0.05) is 13.2 Å². The average molecular weight is 229 g/mol. The second kappa shape index (κ2) is 7.22. The average Bonchev–Trinajstić information content (AvgIpc) is 2.70. The summed E-state index contributed by atoms with van der Waals surface area (Å²) in [6.07, 6.45) is 2.66. The third kappa shape index (κ3) is 5.11. The summed E-state index contributed by atoms with van der Waals surface area (Å²) in [6, 6.07) is 0. The van der Waals surface area contributed by atoms with Crippen LogP contribution in [0.25, 0.3) is 0 Å². The first-order valence-corrected chi connectivity index (χ1v) is 5.76. The number of hydrogen-bond donors (Lipinski definition) is 1. The molecule has 1 saturated heterocycles. The second-order valence-electron chi connectivity index (χ2n) is 3.74. The van der Waals surface area contributed by atoms with Crippen molar-refractivity contribution in [1.29, 1.82) is 0 Å². The Morgan fingerprint density at radius 1 is 1.50 bits per heavy atom. The van der Waals surface area contributed by atoms with Gasteiger partial charge in [0.2, 0.25) is 5.91 Å². The Bertz CT molecular complexity index is 236. The molecule has 0 radical (unpaired) electrons. The molecule has 1 heterocycles. The highest BCUT2D eigenvalue weighted by Gasteiger charge is 2.18. The van der Waals surface area contributed by atoms with Crippen LogP contribution in [0.1, 0.15) is 32.6 Å². The van der Waals surface area contributed by atoms with E-state index in [0.717, 1.165) is 19.4 Å². The van der Waals surface area contributed by atoms with E-state index in [2.05, 4.69) is 5.32 Å². The molecule has 0 spiro atoms. The zero-order valence-corrected chi connectivity index (χ0v) is 9.66. The number of carbonyl (C=O) groups excluding carboxylic acids is 2. The summed E-state index contributed by atoms with van der Waals surface area (Å²) < 4.78 is 10.1. The van der Waals surface area contributed by atoms with Gasteiger partial charge in [0.15, 0.2) is 0 Å². The lowest BCUT2D eigenvalue weighted by molar-refractivity contribution is -0.143. The first-order chi connectivity index (χ1) is 7.72. The van der Waals surface area contributed by atoms with E-state index in [0.29, 0.717) is 19.6 Å². The zero-order valence-electron chi connectivity index (χ0n) is 9.66. The first-order valence-electron chi connectivity index (χ1n) is 5.76. The second-order valence-corrected chi connectivity index (χ2v) is 3.74. The van der Waals surface area contributed by atoms with Crippen molar-refractivity contribution in [2.45, 2.75) is 38.7 Å². The molecule has 92 valence electrons. The lowest BCUT2D eigenvalue weighted by Crippen LogP contribution is -2.29. The Labute approximate surface area is 95.5 Å². The molecule has 5 heteroatoms. The summed E-state index contributed by atoms with van der Waals surface area (Å²) in [4.78, 5) is 22.4. The molecular weight excluding hydrogens is 210 g/mol. The standard InChI is InChI=1S/C11H19NO4/c1-2-15-11(14)5-6-12-10(13)8-9-4-3-7-16-9/h9H,2-8H2,1H3,(H,12,13). The lowest BCUT2D eigenvalue weighted by atomic mass is 10.2. The highest BCUT2D eigenvalue weighted by molar-refractivity contribution is 5.77. The third-order valence-corrected chi connectivity index (χ3v) is 2.39. The van der Waals surface area contributed by atoms with Gasteiger partial charge in [-0.2, -0.15) is 0 Å². The molecule has 1 rings (SSSR count). The molecule has 1 atom stereocenters. The predicted octanol–water partition coefficient (Wildman–Crippen LogP) is 0.625. The fourth-order valence-corrected chi connectivity index (χ4v) is 1.62. The van der Waals surface area contributed by atoms with Gasteiger partial charge < -0.3 is 14.8 Å². The smallest absolute Gasteiger partial charge is 0.307 e. The first kappa shape index (κ1) is 13.0. The molecule has 1 N–H and O–H groups in total. The minimum Gasteiger partial charge on any atom is -0.466 e. The van der Waals surface area contributed by atoms with E-state index in [1.165, 1.54) is 0 Å². The Kier molecular flexibility index (Phi) is 5.85. The van der Waals surface area contributed by atoms with Crippen molar-refractivity contribution >= 4 is 11.9 Å². The van der Waals surface area contributed by atoms with Crippen molar-refractivity contribution in [3.63, 3.8) is 0 Å². The van der Waals surface area contributed by atoms with Crippen molar-refractivity contribution in [2.24, 2.45) is 0 Å². The Hall–Kier alpha value is -1.10. The number of ether oxygens (including phenoxy) is 2. The van der Waals surface area contributed by atoms with Crippen LogP contribution in [-0.4, -0.2) is 37.7 Å². The van der Waals surface area contributed by atoms with E-state index in [-0.39, 0.29) is 24.4 Å². The van der Waals surface area contributed by atoms with Crippen LogP contribution < -0.4 is 5.32 Å². The molecule has 16 heavy (non-hydrogen) atoms. The maximum Gasteiger partial charge on any atom is 0.307 e. The molecule has 0 saturated carbocycles. The Balaban J connectivity index is 2.03. The van der Waals surface area contributed by atoms with Crippen LogP contribution in [0.4, 0.5) is 0 Å². The quantitative estimate of drug-likeness (QED) is 0.678. The lowest BCUT2D eigenvalue weighted by Gasteiger charge is -2.09. The summed E-state index contributed by atoms with van der Waals surface area (Å²) in [6.45, 7) is 3.22. The van der Waals surface area contributed by atoms with Gasteiger partial charge >= 0.3 is 5.97 Å². The van der Waals surface area contributed by atoms with Crippen LogP contribution in [0.3, 0.4) is 0 Å². The Morgan fingerprint density at radius 2 is 2.31 bits per heavy atom. The van der Waals surface area contributed by atoms with Gasteiger partial charge in [0.05, 0.1) is 25.6 Å². The monoisotopic (exact) mass is 229 g/mol. The maximum absolute atomic E-state index is 11.4. The highest BCUT2D eigenvalue weighted by atomic mass is 16.5. The van der Waals surface area contributed by atoms with Gasteiger partial charge in [0.25, 0.3) is 0 Å². The predicted molar refractivity (Wildman–Crippen MR) is 57.9 cm³/mol. The van der Waals surface area contributed by atoms with Crippen molar-refractivity contribution in [2.75, 3.05) is 19.8 Å². The SMILES string of the molecule is CCOC(=O)CCNC(=O)CC1CCCO1. The molecule has 0 aromatic carbocycles. The van der Waals surface area contributed by atoms with Crippen LogP contribution in [-0.2, 0) is 19.1 Å². The number of hydrogen-bond acceptors (Lipinski definition) is 4. The van der Waals surface area contributed by atoms with E-state index in [9.17, 15) is 9.59 Å². The van der Waals surface area contributed by atoms with E-state index >= 15 is 0 Å². The van der Waals surface area contributed by atoms with E-state index < -0.39 is 0 Å². The number of rotatable bonds is 6. The minimum absolute atomic E-state index is 0.0580. The maximum atomic E-state index is 11.4. The molecule has 1 aliphatic heterocycles. The van der Waals surface area contributed by atoms with E-state index in [1.807, 2.05) is 0 Å². The fraction of sp³-hybridized carbons (Fsp3) is 0.818. The number of amides is 1. The van der Waals surface area contributed by atoms with Gasteiger partial charge in [-0.3, -0.25) is 9.59 Å². The Morgan fingerprint density at radius 3 is 2.94 bits per heavy atom. The van der Waals surface area contributed by atoms with Gasteiger partial charge in [-0.25, -0.2) is 0 Å². The van der Waals surface area contributed by atoms with Crippen molar-refractivity contribution in [1.82, 2.24) is 5.32 Å². The topological polar surface area (TPSA) is 64.6 Å². The molecule has 1 fully saturated rings. The molecule has 1 amide bonds. The van der Waals surface area contributed by atoms with E-state index in [1.54, 1.807) is 6.92 Å². The van der Waals surface area contributed by atoms with Gasteiger partial charge in [-0.05, 0) is 19.8 Å². The third-order valence-electron chi connectivity index (χ3n) is 2.39. The normalized spacial score (nSPS) is 19.4. The summed E-state index contributed by atoms with van der Waals surface area (Å²) in [5, 5.41) is 2.68. The van der Waals surface area contributed by atoms with Crippen LogP contribution in [0.5, 0.6) is 0 Å². The molecular formula is C11H19NO4. The van der Waals surface area contributed by atoms with Crippen molar-refractivity contribution in [3.8, 4) is 0 Å². The fourth-order valence-electron chi connectivity index (χ4n) is 1.62. The molecule has 0 aromatic rings. The van der Waals surface area contributed by atoms with Crippen molar-refractivity contribution < 1.29 is 19.1 Å². The van der Waals surface area contributed by atoms with Crippen LogP contribution in [0.15, 0.2) is 0 Å². The zero-order chi connectivity index (χ0) is 11.8. The van der Waals surface area contributed by atoms with Crippen LogP contribution in [0.2, 0.25) is 0 Å². The molecule has 0 bridgehead atoms. The minimum atomic E-state index is -0.278. The molecule has 1 aliphatic rings. The van der Waals surface area contributed by atoms with Crippen molar-refractivity contribution in [3.05, 3.63) is 0 Å². The molecule has 0 aromatic heterocycles. The summed E-state index contributed by atoms with van der Waals surface area (Å²) in [5.74, 6) is -0.337. The van der Waals surface area contributed by atoms with E-state index in [4.69, 9.17) is 9.47 Å². The van der Waals surface area contributed by atoms with Gasteiger partial charge in [-0.15, -0.1) is 0 Å². The summed E-state index contributed by atoms with van der Waals surface area (Å²) in [5.41, 5.74) is 0. The number of nitrogens with one attached hydrogen (secondary N) is 1. The highest BCUT2D eigenvalue weighted by Crippen LogP contribution is 2.14. The van der Waals surface area contributed by atoms with Gasteiger partial charge in [0.1, 0.15) is 0 Å². The largest absolute Gasteiger partial charge is 0.466 e. The number of carbonyl (C=O) groups is 2. The summed E-state index contributed by atoms with van der Waals surface area (Å²) >= 11 is 0. The van der Waals surface area contributed by atoms with Crippen LogP contribution in [0, 0.1) is 0 Å². The van der Waals surface area contributed by atoms with Gasteiger partial charge in [-0.1, -0.05) is 0 Å². The summed E-state index contributed by atoms with van der Waals surface area (Å²) in [7, 11) is 0. The molecule has 0 aliphatic carbocycles. The molecule has 5 nitrogen and oxygen atoms in total. The molecule has 1 unspecified atom stereocenters. The van der Waals surface area contributed by atoms with Crippen LogP contribution >= 0.6 is 0 Å².